The Morgan fingerprint density at radius 3 is 2.33 bits per heavy atom. The van der Waals surface area contributed by atoms with Crippen LogP contribution in [-0.2, 0) is 9.59 Å². The van der Waals surface area contributed by atoms with E-state index in [1.165, 1.54) is 25.1 Å². The first-order chi connectivity index (χ1) is 11.3. The number of aliphatic carboxylic acids is 2. The van der Waals surface area contributed by atoms with Crippen molar-refractivity contribution >= 4 is 17.6 Å². The zero-order valence-electron chi connectivity index (χ0n) is 12.3. The molecule has 122 valence electrons. The molecule has 0 fully saturated rings. The first kappa shape index (κ1) is 16.7. The summed E-state index contributed by atoms with van der Waals surface area (Å²) >= 11 is 0. The summed E-state index contributed by atoms with van der Waals surface area (Å²) < 4.78 is 0. The Balaban J connectivity index is 2.86. The van der Waals surface area contributed by atoms with E-state index in [2.05, 4.69) is 5.32 Å². The van der Waals surface area contributed by atoms with Crippen molar-refractivity contribution in [3.05, 3.63) is 62.5 Å². The Bertz CT molecular complexity index is 862. The first-order valence-corrected chi connectivity index (χ1v) is 6.61. The minimum Gasteiger partial charge on any atom is -0.478 e. The van der Waals surface area contributed by atoms with Gasteiger partial charge in [-0.1, -0.05) is 18.2 Å². The van der Waals surface area contributed by atoms with Gasteiger partial charge in [0, 0.05) is 17.3 Å². The molecule has 0 bridgehead atoms. The fourth-order valence-electron chi connectivity index (χ4n) is 2.64. The van der Waals surface area contributed by atoms with Crippen molar-refractivity contribution in [2.24, 2.45) is 0 Å². The number of carbonyl (C=O) groups is 2. The van der Waals surface area contributed by atoms with Crippen LogP contribution in [0.15, 0.2) is 46.8 Å². The molecule has 0 aliphatic carbocycles. The molecular formula is C15H11N3O6. The second kappa shape index (κ2) is 6.21. The van der Waals surface area contributed by atoms with Crippen LogP contribution in [0.4, 0.5) is 5.69 Å². The number of nitro benzene ring substituents is 1. The number of benzene rings is 1. The van der Waals surface area contributed by atoms with Crippen LogP contribution in [0.2, 0.25) is 0 Å². The largest absolute Gasteiger partial charge is 0.478 e. The zero-order chi connectivity index (χ0) is 18.0. The number of nitrogens with one attached hydrogen (secondary N) is 1. The van der Waals surface area contributed by atoms with Crippen molar-refractivity contribution < 1.29 is 24.7 Å². The molecule has 0 aromatic heterocycles. The first-order valence-electron chi connectivity index (χ1n) is 6.61. The molecule has 2 rings (SSSR count). The average Bonchev–Trinajstić information content (AvgIpc) is 2.52. The lowest BCUT2D eigenvalue weighted by atomic mass is 9.79. The molecular weight excluding hydrogens is 318 g/mol. The molecule has 1 atom stereocenters. The van der Waals surface area contributed by atoms with Crippen molar-refractivity contribution in [3.63, 3.8) is 0 Å². The molecule has 0 radical (unpaired) electrons. The van der Waals surface area contributed by atoms with E-state index < -0.39 is 34.0 Å². The standard InChI is InChI=1S/C15H11N3O6/c1-7-11(14(19)20)12(13(15(21)22)9(6-16)17-7)8-4-2-3-5-10(8)18(23)24/h2-5,12,17H,1H3,(H,19,20)(H,21,22). The minimum absolute atomic E-state index is 0.0483. The van der Waals surface area contributed by atoms with Crippen molar-refractivity contribution in [2.75, 3.05) is 0 Å². The van der Waals surface area contributed by atoms with Crippen LogP contribution in [0.5, 0.6) is 0 Å². The van der Waals surface area contributed by atoms with Crippen molar-refractivity contribution in [2.45, 2.75) is 12.8 Å². The summed E-state index contributed by atoms with van der Waals surface area (Å²) in [6, 6.07) is 6.91. The van der Waals surface area contributed by atoms with E-state index in [4.69, 9.17) is 5.26 Å². The number of allylic oxidation sites excluding steroid dienone is 2. The van der Waals surface area contributed by atoms with E-state index in [1.54, 1.807) is 6.07 Å². The molecule has 1 aromatic carbocycles. The lowest BCUT2D eigenvalue weighted by Crippen LogP contribution is -2.31. The second-order valence-corrected chi connectivity index (χ2v) is 4.92. The third kappa shape index (κ3) is 2.68. The van der Waals surface area contributed by atoms with Gasteiger partial charge in [-0.05, 0) is 6.92 Å². The van der Waals surface area contributed by atoms with Gasteiger partial charge in [0.2, 0.25) is 0 Å². The molecule has 1 unspecified atom stereocenters. The van der Waals surface area contributed by atoms with Crippen LogP contribution >= 0.6 is 0 Å². The molecule has 3 N–H and O–H groups in total. The predicted molar refractivity (Wildman–Crippen MR) is 79.6 cm³/mol. The Hall–Kier alpha value is -3.67. The predicted octanol–water partition coefficient (Wildman–Crippen LogP) is 1.50. The molecule has 9 heteroatoms. The number of hydrogen-bond acceptors (Lipinski definition) is 6. The average molecular weight is 329 g/mol. The summed E-state index contributed by atoms with van der Waals surface area (Å²) in [6.45, 7) is 1.36. The van der Waals surface area contributed by atoms with Gasteiger partial charge in [0.1, 0.15) is 11.8 Å². The number of carboxylic acid groups (broad SMARTS) is 2. The van der Waals surface area contributed by atoms with E-state index in [9.17, 15) is 29.9 Å². The summed E-state index contributed by atoms with van der Waals surface area (Å²) in [7, 11) is 0. The van der Waals surface area contributed by atoms with E-state index in [-0.39, 0.29) is 22.5 Å². The summed E-state index contributed by atoms with van der Waals surface area (Å²) in [5.41, 5.74) is -1.74. The summed E-state index contributed by atoms with van der Waals surface area (Å²) in [5.74, 6) is -4.41. The van der Waals surface area contributed by atoms with Crippen molar-refractivity contribution in [1.82, 2.24) is 5.32 Å². The minimum atomic E-state index is -1.53. The van der Waals surface area contributed by atoms with Crippen molar-refractivity contribution in [3.8, 4) is 6.07 Å². The van der Waals surface area contributed by atoms with E-state index in [0.717, 1.165) is 6.07 Å². The molecule has 0 saturated carbocycles. The number of nitro groups is 1. The van der Waals surface area contributed by atoms with Gasteiger partial charge in [-0.2, -0.15) is 5.26 Å². The zero-order valence-corrected chi connectivity index (χ0v) is 12.3. The number of rotatable bonds is 4. The lowest BCUT2D eigenvalue weighted by Gasteiger charge is -2.27. The normalized spacial score (nSPS) is 17.1. The van der Waals surface area contributed by atoms with E-state index >= 15 is 0 Å². The van der Waals surface area contributed by atoms with Crippen molar-refractivity contribution in [1.29, 1.82) is 5.26 Å². The highest BCUT2D eigenvalue weighted by Gasteiger charge is 2.40. The highest BCUT2D eigenvalue weighted by molar-refractivity contribution is 5.99. The second-order valence-electron chi connectivity index (χ2n) is 4.92. The molecule has 24 heavy (non-hydrogen) atoms. The number of nitrogens with zero attached hydrogens (tertiary/aromatic N) is 2. The third-order valence-corrected chi connectivity index (χ3v) is 3.58. The van der Waals surface area contributed by atoms with Crippen LogP contribution in [0, 0.1) is 21.4 Å². The van der Waals surface area contributed by atoms with Crippen LogP contribution in [0.1, 0.15) is 18.4 Å². The fraction of sp³-hybridized carbons (Fsp3) is 0.133. The Labute approximate surface area is 135 Å². The van der Waals surface area contributed by atoms with E-state index in [1.807, 2.05) is 0 Å². The fourth-order valence-corrected chi connectivity index (χ4v) is 2.64. The maximum Gasteiger partial charge on any atom is 0.335 e. The van der Waals surface area contributed by atoms with Gasteiger partial charge in [-0.3, -0.25) is 10.1 Å². The van der Waals surface area contributed by atoms with Gasteiger partial charge in [0.25, 0.3) is 5.69 Å². The topological polar surface area (TPSA) is 154 Å². The number of carboxylic acids is 2. The number of nitriles is 1. The summed E-state index contributed by atoms with van der Waals surface area (Å²) in [4.78, 5) is 33.8. The molecule has 1 heterocycles. The molecule has 9 nitrogen and oxygen atoms in total. The van der Waals surface area contributed by atoms with Gasteiger partial charge in [0.05, 0.1) is 22.0 Å². The highest BCUT2D eigenvalue weighted by Crippen LogP contribution is 2.41. The molecule has 1 aliphatic rings. The molecule has 0 spiro atoms. The summed E-state index contributed by atoms with van der Waals surface area (Å²) in [6.07, 6.45) is 0. The third-order valence-electron chi connectivity index (χ3n) is 3.58. The number of dihydropyridines is 1. The summed E-state index contributed by atoms with van der Waals surface area (Å²) in [5, 5.41) is 41.8. The maximum atomic E-state index is 11.6. The smallest absolute Gasteiger partial charge is 0.335 e. The monoisotopic (exact) mass is 329 g/mol. The SMILES string of the molecule is CC1=C(C(=O)O)C(c2ccccc2[N+](=O)[O-])C(C(=O)O)=C(C#N)N1. The molecule has 1 aliphatic heterocycles. The van der Waals surface area contributed by atoms with Gasteiger partial charge in [-0.25, -0.2) is 9.59 Å². The van der Waals surface area contributed by atoms with Crippen LogP contribution in [-0.4, -0.2) is 27.1 Å². The van der Waals surface area contributed by atoms with Gasteiger partial charge >= 0.3 is 11.9 Å². The Morgan fingerprint density at radius 2 is 1.83 bits per heavy atom. The number of para-hydroxylation sites is 1. The van der Waals surface area contributed by atoms with Crippen LogP contribution in [0.3, 0.4) is 0 Å². The highest BCUT2D eigenvalue weighted by atomic mass is 16.6. The number of hydrogen-bond donors (Lipinski definition) is 3. The van der Waals surface area contributed by atoms with Gasteiger partial charge < -0.3 is 15.5 Å². The van der Waals surface area contributed by atoms with E-state index in [0.29, 0.717) is 0 Å². The Morgan fingerprint density at radius 1 is 1.25 bits per heavy atom. The van der Waals surface area contributed by atoms with Crippen LogP contribution < -0.4 is 5.32 Å². The quantitative estimate of drug-likeness (QED) is 0.554. The molecule has 0 amide bonds. The van der Waals surface area contributed by atoms with Gasteiger partial charge in [-0.15, -0.1) is 0 Å². The lowest BCUT2D eigenvalue weighted by molar-refractivity contribution is -0.385. The molecule has 1 aromatic rings. The maximum absolute atomic E-state index is 11.6. The van der Waals surface area contributed by atoms with Crippen LogP contribution in [0.25, 0.3) is 0 Å². The molecule has 0 saturated heterocycles. The van der Waals surface area contributed by atoms with Gasteiger partial charge in [0.15, 0.2) is 0 Å². The Kier molecular flexibility index (Phi) is 4.32.